The molecule has 0 heterocycles. The Kier molecular flexibility index (Phi) is 19.9. The Hall–Kier alpha value is -4.49. The van der Waals surface area contributed by atoms with Gasteiger partial charge in [0.15, 0.2) is 0 Å². The number of hydrogen-bond donors (Lipinski definition) is 4. The lowest BCUT2D eigenvalue weighted by Crippen LogP contribution is -2.23. The van der Waals surface area contributed by atoms with Crippen LogP contribution in [0.25, 0.3) is 0 Å². The van der Waals surface area contributed by atoms with Crippen molar-refractivity contribution >= 4 is 41.8 Å². The monoisotopic (exact) mass is 598 g/mol. The van der Waals surface area contributed by atoms with Gasteiger partial charge in [0, 0.05) is 42.9 Å². The van der Waals surface area contributed by atoms with E-state index in [1.54, 1.807) is 6.92 Å². The highest BCUT2D eigenvalue weighted by Crippen LogP contribution is 2.20. The molecular weight excluding hydrogens is 560 g/mol. The number of aliphatic carboxylic acids is 4. The minimum absolute atomic E-state index is 0.00938. The molecule has 14 nitrogen and oxygen atoms in total. The molecule has 0 saturated carbocycles. The van der Waals surface area contributed by atoms with Gasteiger partial charge in [0.25, 0.3) is 0 Å². The van der Waals surface area contributed by atoms with E-state index in [1.807, 2.05) is 0 Å². The van der Waals surface area contributed by atoms with Crippen LogP contribution < -0.4 is 0 Å². The Morgan fingerprint density at radius 3 is 1.29 bits per heavy atom. The molecule has 0 spiro atoms. The molecule has 3 atom stereocenters. The fraction of sp³-hybridized carbons (Fsp3) is 0.536. The van der Waals surface area contributed by atoms with Crippen LogP contribution in [-0.2, 0) is 47.8 Å². The molecule has 0 aromatic carbocycles. The summed E-state index contributed by atoms with van der Waals surface area (Å²) < 4.78 is 15.8. The standard InChI is InChI=1S/C28H38O14/c1-19(40-26(37)16-13-23(31)32)7-5-6-9-21(42-28(39)18-15-25(35)36)12-11-20(8-3-2-4-10-22(29)30)41-27(38)17-14-24(33)34/h13-21H,2-12H2,1H3,(H,29,30)(H,31,32)(H,33,34)(H,35,36). The van der Waals surface area contributed by atoms with E-state index in [-0.39, 0.29) is 19.3 Å². The number of rotatable bonds is 23. The quantitative estimate of drug-likeness (QED) is 0.0573. The second-order valence-corrected chi connectivity index (χ2v) is 9.23. The van der Waals surface area contributed by atoms with Crippen molar-refractivity contribution in [1.82, 2.24) is 0 Å². The van der Waals surface area contributed by atoms with Gasteiger partial charge in [-0.2, -0.15) is 0 Å². The first-order chi connectivity index (χ1) is 19.8. The van der Waals surface area contributed by atoms with Crippen LogP contribution in [0.2, 0.25) is 0 Å². The number of hydrogen-bond acceptors (Lipinski definition) is 10. The van der Waals surface area contributed by atoms with Crippen LogP contribution in [-0.4, -0.2) is 80.5 Å². The van der Waals surface area contributed by atoms with Crippen LogP contribution in [0, 0.1) is 0 Å². The first-order valence-electron chi connectivity index (χ1n) is 13.3. The van der Waals surface area contributed by atoms with Gasteiger partial charge in [0.05, 0.1) is 6.10 Å². The predicted molar refractivity (Wildman–Crippen MR) is 144 cm³/mol. The van der Waals surface area contributed by atoms with Crippen LogP contribution in [0.3, 0.4) is 0 Å². The second kappa shape index (κ2) is 22.2. The summed E-state index contributed by atoms with van der Waals surface area (Å²) >= 11 is 0. The molecule has 14 heteroatoms. The van der Waals surface area contributed by atoms with Gasteiger partial charge in [-0.1, -0.05) is 6.42 Å². The van der Waals surface area contributed by atoms with E-state index in [4.69, 9.17) is 34.6 Å². The zero-order chi connectivity index (χ0) is 31.9. The van der Waals surface area contributed by atoms with Crippen molar-refractivity contribution in [2.45, 2.75) is 95.9 Å². The molecule has 234 valence electrons. The fourth-order valence-corrected chi connectivity index (χ4v) is 3.65. The van der Waals surface area contributed by atoms with Gasteiger partial charge in [-0.3, -0.25) is 4.79 Å². The molecule has 0 aromatic rings. The lowest BCUT2D eigenvalue weighted by Gasteiger charge is -2.22. The number of carboxylic acids is 4. The molecule has 0 rings (SSSR count). The van der Waals surface area contributed by atoms with Crippen LogP contribution in [0.5, 0.6) is 0 Å². The molecule has 0 aliphatic heterocycles. The van der Waals surface area contributed by atoms with E-state index in [2.05, 4.69) is 0 Å². The van der Waals surface area contributed by atoms with Crippen LogP contribution in [0.15, 0.2) is 36.5 Å². The van der Waals surface area contributed by atoms with Gasteiger partial charge in [0.1, 0.15) is 12.2 Å². The third-order valence-electron chi connectivity index (χ3n) is 5.58. The lowest BCUT2D eigenvalue weighted by atomic mass is 10.00. The number of unbranched alkanes of at least 4 members (excludes halogenated alkanes) is 3. The summed E-state index contributed by atoms with van der Waals surface area (Å²) in [4.78, 5) is 78.4. The summed E-state index contributed by atoms with van der Waals surface area (Å²) in [5.41, 5.74) is 0. The minimum atomic E-state index is -1.34. The number of ether oxygens (including phenoxy) is 3. The Bertz CT molecular complexity index is 1010. The van der Waals surface area contributed by atoms with Crippen LogP contribution in [0.1, 0.15) is 77.6 Å². The lowest BCUT2D eigenvalue weighted by molar-refractivity contribution is -0.148. The normalized spacial score (nSPS) is 13.5. The minimum Gasteiger partial charge on any atom is -0.481 e. The maximum atomic E-state index is 12.1. The molecule has 0 aliphatic rings. The Morgan fingerprint density at radius 2 is 0.881 bits per heavy atom. The molecule has 0 bridgehead atoms. The van der Waals surface area contributed by atoms with Gasteiger partial charge >= 0.3 is 41.8 Å². The van der Waals surface area contributed by atoms with E-state index in [9.17, 15) is 33.6 Å². The highest BCUT2D eigenvalue weighted by Gasteiger charge is 2.20. The summed E-state index contributed by atoms with van der Waals surface area (Å²) in [5.74, 6) is -7.46. The third-order valence-corrected chi connectivity index (χ3v) is 5.58. The van der Waals surface area contributed by atoms with Crippen molar-refractivity contribution in [2.75, 3.05) is 0 Å². The summed E-state index contributed by atoms with van der Waals surface area (Å²) in [5, 5.41) is 34.8. The van der Waals surface area contributed by atoms with E-state index < -0.39 is 60.1 Å². The topological polar surface area (TPSA) is 228 Å². The molecule has 0 aromatic heterocycles. The number of carboxylic acid groups (broad SMARTS) is 4. The average Bonchev–Trinajstić information content (AvgIpc) is 2.89. The third kappa shape index (κ3) is 23.4. The molecule has 0 saturated heterocycles. The van der Waals surface area contributed by atoms with Crippen LogP contribution >= 0.6 is 0 Å². The van der Waals surface area contributed by atoms with Gasteiger partial charge in [0.2, 0.25) is 0 Å². The first kappa shape index (κ1) is 37.5. The maximum absolute atomic E-state index is 12.1. The maximum Gasteiger partial charge on any atom is 0.331 e. The summed E-state index contributed by atoms with van der Waals surface area (Å²) in [6.45, 7) is 1.63. The first-order valence-corrected chi connectivity index (χ1v) is 13.3. The largest absolute Gasteiger partial charge is 0.481 e. The van der Waals surface area contributed by atoms with Crippen molar-refractivity contribution in [2.24, 2.45) is 0 Å². The number of carbonyl (C=O) groups excluding carboxylic acids is 3. The van der Waals surface area contributed by atoms with Crippen molar-refractivity contribution in [1.29, 1.82) is 0 Å². The molecular formula is C28H38O14. The van der Waals surface area contributed by atoms with Crippen molar-refractivity contribution < 1.29 is 68.2 Å². The van der Waals surface area contributed by atoms with Crippen molar-refractivity contribution in [3.63, 3.8) is 0 Å². The van der Waals surface area contributed by atoms with Crippen molar-refractivity contribution in [3.8, 4) is 0 Å². The number of esters is 3. The van der Waals surface area contributed by atoms with Gasteiger partial charge in [-0.15, -0.1) is 0 Å². The van der Waals surface area contributed by atoms with E-state index >= 15 is 0 Å². The SMILES string of the molecule is CC(CCCCC(CCC(CCCCCC(=O)O)OC(=O)C=CC(=O)O)OC(=O)C=CC(=O)O)OC(=O)C=CC(=O)O. The zero-order valence-corrected chi connectivity index (χ0v) is 23.3. The molecule has 4 N–H and O–H groups in total. The molecule has 0 aliphatic carbocycles. The predicted octanol–water partition coefficient (Wildman–Crippen LogP) is 3.04. The Morgan fingerprint density at radius 1 is 0.500 bits per heavy atom. The fourth-order valence-electron chi connectivity index (χ4n) is 3.65. The highest BCUT2D eigenvalue weighted by molar-refractivity contribution is 5.91. The van der Waals surface area contributed by atoms with E-state index in [0.717, 1.165) is 18.2 Å². The smallest absolute Gasteiger partial charge is 0.331 e. The zero-order valence-electron chi connectivity index (χ0n) is 23.3. The highest BCUT2D eigenvalue weighted by atomic mass is 16.6. The second-order valence-electron chi connectivity index (χ2n) is 9.23. The van der Waals surface area contributed by atoms with Gasteiger partial charge in [-0.05, 0) is 64.7 Å². The summed E-state index contributed by atoms with van der Waals surface area (Å²) in [6.07, 6.45) is 6.44. The molecule has 3 unspecified atom stereocenters. The van der Waals surface area contributed by atoms with Gasteiger partial charge in [-0.25, -0.2) is 28.8 Å². The molecule has 0 amide bonds. The average molecular weight is 599 g/mol. The van der Waals surface area contributed by atoms with E-state index in [0.29, 0.717) is 69.6 Å². The number of carbonyl (C=O) groups is 7. The van der Waals surface area contributed by atoms with Gasteiger partial charge < -0.3 is 34.6 Å². The summed E-state index contributed by atoms with van der Waals surface area (Å²) in [6, 6.07) is 0. The van der Waals surface area contributed by atoms with Crippen molar-refractivity contribution in [3.05, 3.63) is 36.5 Å². The molecule has 0 fully saturated rings. The summed E-state index contributed by atoms with van der Waals surface area (Å²) in [7, 11) is 0. The Balaban J connectivity index is 5.19. The molecule has 42 heavy (non-hydrogen) atoms. The van der Waals surface area contributed by atoms with Crippen LogP contribution in [0.4, 0.5) is 0 Å². The van der Waals surface area contributed by atoms with E-state index in [1.165, 1.54) is 0 Å². The Labute approximate surface area is 242 Å². The molecule has 0 radical (unpaired) electrons.